The van der Waals surface area contributed by atoms with Crippen LogP contribution in [0.4, 0.5) is 0 Å². The Kier molecular flexibility index (Phi) is 34.7. The van der Waals surface area contributed by atoms with Crippen LogP contribution in [0.25, 0.3) is 0 Å². The molecule has 5 heteroatoms. The van der Waals surface area contributed by atoms with Gasteiger partial charge in [-0.2, -0.15) is 0 Å². The van der Waals surface area contributed by atoms with Gasteiger partial charge in [-0.15, -0.1) is 0 Å². The molecule has 0 bridgehead atoms. The first kappa shape index (κ1) is 51.0. The molecule has 1 aliphatic carbocycles. The predicted molar refractivity (Wildman–Crippen MR) is 244 cm³/mol. The van der Waals surface area contributed by atoms with E-state index in [0.717, 1.165) is 58.3 Å². The largest absolute Gasteiger partial charge is 0.354 e. The summed E-state index contributed by atoms with van der Waals surface area (Å²) in [7, 11) is 0. The molecule has 2 fully saturated rings. The normalized spacial score (nSPS) is 16.0. The lowest BCUT2D eigenvalue weighted by molar-refractivity contribution is -0.143. The molecule has 1 aliphatic heterocycles. The van der Waals surface area contributed by atoms with Crippen LogP contribution in [0.1, 0.15) is 271 Å². The molecule has 1 heterocycles. The number of piperidine rings is 1. The minimum absolute atomic E-state index is 0.140. The second kappa shape index (κ2) is 38.1. The summed E-state index contributed by atoms with van der Waals surface area (Å²) in [6, 6.07) is -0.287. The van der Waals surface area contributed by atoms with E-state index in [-0.39, 0.29) is 17.9 Å². The maximum Gasteiger partial charge on any atom is 0.243 e. The molecule has 2 amide bonds. The van der Waals surface area contributed by atoms with Gasteiger partial charge in [-0.1, -0.05) is 226 Å². The van der Waals surface area contributed by atoms with Crippen molar-refractivity contribution in [2.75, 3.05) is 32.7 Å². The van der Waals surface area contributed by atoms with Gasteiger partial charge >= 0.3 is 0 Å². The van der Waals surface area contributed by atoms with Crippen molar-refractivity contribution < 1.29 is 9.59 Å². The number of nitrogens with zero attached hydrogens (tertiary/aromatic N) is 2. The van der Waals surface area contributed by atoms with E-state index in [2.05, 4.69) is 29.0 Å². The summed E-state index contributed by atoms with van der Waals surface area (Å²) in [4.78, 5) is 32.8. The molecule has 330 valence electrons. The minimum Gasteiger partial charge on any atom is -0.354 e. The van der Waals surface area contributed by atoms with Gasteiger partial charge in [-0.05, 0) is 57.5 Å². The summed E-state index contributed by atoms with van der Waals surface area (Å²) in [6.45, 7) is 9.26. The van der Waals surface area contributed by atoms with E-state index in [0.29, 0.717) is 18.9 Å². The lowest BCUT2D eigenvalue weighted by atomic mass is 9.82. The zero-order chi connectivity index (χ0) is 40.0. The van der Waals surface area contributed by atoms with Crippen molar-refractivity contribution in [3.63, 3.8) is 0 Å². The third-order valence-electron chi connectivity index (χ3n) is 13.5. The Labute approximate surface area is 350 Å². The summed E-state index contributed by atoms with van der Waals surface area (Å²) in [5.41, 5.74) is 0. The molecule has 0 aromatic heterocycles. The Bertz CT molecular complexity index is 867. The van der Waals surface area contributed by atoms with E-state index in [4.69, 9.17) is 0 Å². The third kappa shape index (κ3) is 27.6. The van der Waals surface area contributed by atoms with E-state index in [1.807, 2.05) is 0 Å². The fourth-order valence-electron chi connectivity index (χ4n) is 9.69. The van der Waals surface area contributed by atoms with Gasteiger partial charge in [0.05, 0.1) is 0 Å². The van der Waals surface area contributed by atoms with Crippen molar-refractivity contribution in [3.8, 4) is 0 Å². The van der Waals surface area contributed by atoms with Crippen LogP contribution < -0.4 is 5.32 Å². The lowest BCUT2D eigenvalue weighted by Crippen LogP contribution is -2.55. The molecule has 0 aromatic carbocycles. The average molecular weight is 786 g/mol. The molecule has 2 rings (SSSR count). The van der Waals surface area contributed by atoms with Crippen LogP contribution in [0.5, 0.6) is 0 Å². The van der Waals surface area contributed by atoms with Crippen LogP contribution in [0.2, 0.25) is 0 Å². The molecule has 0 spiro atoms. The van der Waals surface area contributed by atoms with Crippen molar-refractivity contribution in [1.82, 2.24) is 15.1 Å². The van der Waals surface area contributed by atoms with Crippen LogP contribution in [0.3, 0.4) is 0 Å². The van der Waals surface area contributed by atoms with Crippen molar-refractivity contribution in [2.45, 2.75) is 277 Å². The predicted octanol–water partition coefficient (Wildman–Crippen LogP) is 14.9. The fourth-order valence-corrected chi connectivity index (χ4v) is 9.69. The van der Waals surface area contributed by atoms with Crippen molar-refractivity contribution in [3.05, 3.63) is 0 Å². The number of nitrogens with one attached hydrogen (secondary N) is 1. The number of hydrogen-bond donors (Lipinski definition) is 1. The van der Waals surface area contributed by atoms with Gasteiger partial charge in [-0.25, -0.2) is 0 Å². The SMILES string of the molecule is CCCCCCCCCCCCCCCCCCNC(=O)C(C1CCCCC1)N(CCN1CCCCC1)C(=O)CCCCCCCCCCCCCCCCC. The number of unbranched alkanes of at least 4 members (excludes halogenated alkanes) is 29. The van der Waals surface area contributed by atoms with Crippen molar-refractivity contribution in [2.24, 2.45) is 5.92 Å². The van der Waals surface area contributed by atoms with E-state index in [1.165, 1.54) is 218 Å². The molecule has 56 heavy (non-hydrogen) atoms. The van der Waals surface area contributed by atoms with E-state index < -0.39 is 0 Å². The molecule has 1 atom stereocenters. The zero-order valence-electron chi connectivity index (χ0n) is 38.2. The summed E-state index contributed by atoms with van der Waals surface area (Å²) in [5, 5.41) is 3.38. The first-order valence-corrected chi connectivity index (χ1v) is 26.0. The van der Waals surface area contributed by atoms with Crippen LogP contribution >= 0.6 is 0 Å². The third-order valence-corrected chi connectivity index (χ3v) is 13.5. The smallest absolute Gasteiger partial charge is 0.243 e. The number of carbonyl (C=O) groups excluding carboxylic acids is 2. The monoisotopic (exact) mass is 786 g/mol. The van der Waals surface area contributed by atoms with E-state index in [1.54, 1.807) is 0 Å². The van der Waals surface area contributed by atoms with Gasteiger partial charge in [-0.3, -0.25) is 9.59 Å². The molecule has 5 nitrogen and oxygen atoms in total. The molecule has 1 saturated heterocycles. The maximum absolute atomic E-state index is 14.1. The highest BCUT2D eigenvalue weighted by atomic mass is 16.2. The van der Waals surface area contributed by atoms with Crippen LogP contribution in [-0.4, -0.2) is 60.4 Å². The van der Waals surface area contributed by atoms with Crippen LogP contribution in [-0.2, 0) is 9.59 Å². The number of carbonyl (C=O) groups is 2. The molecular weight excluding hydrogens is 687 g/mol. The highest BCUT2D eigenvalue weighted by molar-refractivity contribution is 5.88. The quantitative estimate of drug-likeness (QED) is 0.0632. The number of rotatable bonds is 39. The summed E-state index contributed by atoms with van der Waals surface area (Å²) >= 11 is 0. The Balaban J connectivity index is 1.70. The van der Waals surface area contributed by atoms with Gasteiger partial charge in [0.2, 0.25) is 11.8 Å². The van der Waals surface area contributed by atoms with Gasteiger partial charge in [0, 0.05) is 26.1 Å². The minimum atomic E-state index is -0.287. The molecule has 0 aromatic rings. The first-order valence-electron chi connectivity index (χ1n) is 26.0. The molecule has 0 radical (unpaired) electrons. The Morgan fingerprint density at radius 3 is 1.30 bits per heavy atom. The zero-order valence-corrected chi connectivity index (χ0v) is 38.2. The summed E-state index contributed by atoms with van der Waals surface area (Å²) < 4.78 is 0. The molecule has 1 N–H and O–H groups in total. The van der Waals surface area contributed by atoms with Crippen molar-refractivity contribution >= 4 is 11.8 Å². The van der Waals surface area contributed by atoms with Crippen LogP contribution in [0, 0.1) is 5.92 Å². The first-order chi connectivity index (χ1) is 27.7. The van der Waals surface area contributed by atoms with Crippen molar-refractivity contribution in [1.29, 1.82) is 0 Å². The second-order valence-corrected chi connectivity index (χ2v) is 18.6. The Hall–Kier alpha value is -1.10. The highest BCUT2D eigenvalue weighted by Gasteiger charge is 2.36. The Morgan fingerprint density at radius 1 is 0.500 bits per heavy atom. The topological polar surface area (TPSA) is 52.7 Å². The number of hydrogen-bond acceptors (Lipinski definition) is 3. The molecule has 1 unspecified atom stereocenters. The molecule has 1 saturated carbocycles. The van der Waals surface area contributed by atoms with E-state index in [9.17, 15) is 9.59 Å². The van der Waals surface area contributed by atoms with Gasteiger partial charge in [0.15, 0.2) is 0 Å². The second-order valence-electron chi connectivity index (χ2n) is 18.6. The molecule has 2 aliphatic rings. The summed E-state index contributed by atoms with van der Waals surface area (Å²) in [5.74, 6) is 0.687. The summed E-state index contributed by atoms with van der Waals surface area (Å²) in [6.07, 6.45) is 52.1. The average Bonchev–Trinajstić information content (AvgIpc) is 3.22. The standard InChI is InChI=1S/C51H99N3O2/c1-3-5-7-9-11-13-15-17-19-21-23-25-27-29-31-37-43-52-51(56)50(48-40-34-32-35-41-48)54(47-46-53-44-38-33-39-45-53)49(55)42-36-30-28-26-24-22-20-18-16-14-12-10-8-6-4-2/h48,50H,3-47H2,1-2H3,(H,52,56). The highest BCUT2D eigenvalue weighted by Crippen LogP contribution is 2.30. The number of amides is 2. The van der Waals surface area contributed by atoms with Crippen LogP contribution in [0.15, 0.2) is 0 Å². The lowest BCUT2D eigenvalue weighted by Gasteiger charge is -2.39. The van der Waals surface area contributed by atoms with Gasteiger partial charge < -0.3 is 15.1 Å². The molecular formula is C51H99N3O2. The number of likely N-dealkylation sites (tertiary alicyclic amines) is 1. The van der Waals surface area contributed by atoms with Gasteiger partial charge in [0.1, 0.15) is 6.04 Å². The van der Waals surface area contributed by atoms with E-state index >= 15 is 0 Å². The maximum atomic E-state index is 14.1. The Morgan fingerprint density at radius 2 is 0.875 bits per heavy atom. The fraction of sp³-hybridized carbons (Fsp3) is 0.961. The van der Waals surface area contributed by atoms with Gasteiger partial charge in [0.25, 0.3) is 0 Å².